The van der Waals surface area contributed by atoms with Gasteiger partial charge in [0.1, 0.15) is 0 Å². The van der Waals surface area contributed by atoms with Crippen LogP contribution in [0.2, 0.25) is 0 Å². The Hall–Kier alpha value is -0.610. The standard InChI is InChI=1S/C14H27NO3/c1-4-12(11-18-3)15(2)14(10-13(16)17)8-6-5-7-9-14/h12H,4-11H2,1-3H3,(H,16,17). The molecule has 0 aliphatic heterocycles. The molecule has 0 aromatic rings. The fourth-order valence-electron chi connectivity index (χ4n) is 3.23. The topological polar surface area (TPSA) is 49.8 Å². The molecule has 4 heteroatoms. The minimum absolute atomic E-state index is 0.163. The number of rotatable bonds is 7. The fraction of sp³-hybridized carbons (Fsp3) is 0.929. The fourth-order valence-corrected chi connectivity index (χ4v) is 3.23. The highest BCUT2D eigenvalue weighted by molar-refractivity contribution is 5.68. The van der Waals surface area contributed by atoms with Crippen LogP contribution in [0.25, 0.3) is 0 Å². The van der Waals surface area contributed by atoms with Gasteiger partial charge in [-0.3, -0.25) is 9.69 Å². The van der Waals surface area contributed by atoms with E-state index in [0.29, 0.717) is 12.6 Å². The molecule has 106 valence electrons. The molecule has 1 aliphatic carbocycles. The maximum absolute atomic E-state index is 11.2. The van der Waals surface area contributed by atoms with Gasteiger partial charge in [-0.1, -0.05) is 26.2 Å². The molecule has 1 saturated carbocycles. The molecule has 4 nitrogen and oxygen atoms in total. The first kappa shape index (κ1) is 15.4. The summed E-state index contributed by atoms with van der Waals surface area (Å²) in [5, 5.41) is 9.21. The van der Waals surface area contributed by atoms with Gasteiger partial charge in [-0.05, 0) is 26.3 Å². The van der Waals surface area contributed by atoms with E-state index < -0.39 is 5.97 Å². The maximum atomic E-state index is 11.2. The summed E-state index contributed by atoms with van der Waals surface area (Å²) < 4.78 is 5.27. The van der Waals surface area contributed by atoms with Crippen molar-refractivity contribution < 1.29 is 14.6 Å². The lowest BCUT2D eigenvalue weighted by Crippen LogP contribution is -2.54. The van der Waals surface area contributed by atoms with Gasteiger partial charge in [0.2, 0.25) is 0 Å². The summed E-state index contributed by atoms with van der Waals surface area (Å²) in [6.45, 7) is 2.81. The van der Waals surface area contributed by atoms with Crippen LogP contribution in [0.5, 0.6) is 0 Å². The Morgan fingerprint density at radius 2 is 2.00 bits per heavy atom. The molecular weight excluding hydrogens is 230 g/mol. The van der Waals surface area contributed by atoms with Gasteiger partial charge in [0.25, 0.3) is 0 Å². The third-order valence-corrected chi connectivity index (χ3v) is 4.39. The predicted molar refractivity (Wildman–Crippen MR) is 71.8 cm³/mol. The van der Waals surface area contributed by atoms with Crippen molar-refractivity contribution in [2.24, 2.45) is 0 Å². The molecule has 1 unspecified atom stereocenters. The summed E-state index contributed by atoms with van der Waals surface area (Å²) in [5.41, 5.74) is -0.163. The highest BCUT2D eigenvalue weighted by Crippen LogP contribution is 2.37. The Balaban J connectivity index is 2.82. The number of likely N-dealkylation sites (N-methyl/N-ethyl adjacent to an activating group) is 1. The quantitative estimate of drug-likeness (QED) is 0.761. The van der Waals surface area contributed by atoms with E-state index in [4.69, 9.17) is 4.74 Å². The first-order chi connectivity index (χ1) is 8.55. The van der Waals surface area contributed by atoms with Crippen molar-refractivity contribution in [1.29, 1.82) is 0 Å². The lowest BCUT2D eigenvalue weighted by molar-refractivity contribution is -0.142. The molecule has 1 aliphatic rings. The summed E-state index contributed by atoms with van der Waals surface area (Å²) in [7, 11) is 3.78. The third-order valence-electron chi connectivity index (χ3n) is 4.39. The molecule has 0 saturated heterocycles. The summed E-state index contributed by atoms with van der Waals surface area (Å²) >= 11 is 0. The minimum atomic E-state index is -0.684. The van der Waals surface area contributed by atoms with E-state index in [1.165, 1.54) is 6.42 Å². The van der Waals surface area contributed by atoms with Gasteiger partial charge in [0, 0.05) is 18.7 Å². The second-order valence-corrected chi connectivity index (χ2v) is 5.48. The van der Waals surface area contributed by atoms with Gasteiger partial charge >= 0.3 is 5.97 Å². The second-order valence-electron chi connectivity index (χ2n) is 5.48. The Morgan fingerprint density at radius 3 is 2.44 bits per heavy atom. The van der Waals surface area contributed by atoms with Gasteiger partial charge < -0.3 is 9.84 Å². The monoisotopic (exact) mass is 257 g/mol. The van der Waals surface area contributed by atoms with Crippen LogP contribution in [0.4, 0.5) is 0 Å². The van der Waals surface area contributed by atoms with Gasteiger partial charge in [-0.25, -0.2) is 0 Å². The normalized spacial score (nSPS) is 20.9. The summed E-state index contributed by atoms with van der Waals surface area (Å²) in [6, 6.07) is 0.312. The van der Waals surface area contributed by atoms with Crippen molar-refractivity contribution in [2.75, 3.05) is 20.8 Å². The van der Waals surface area contributed by atoms with Crippen LogP contribution in [-0.2, 0) is 9.53 Å². The van der Waals surface area contributed by atoms with Crippen LogP contribution in [0.1, 0.15) is 51.9 Å². The zero-order valence-electron chi connectivity index (χ0n) is 11.9. The zero-order chi connectivity index (χ0) is 13.6. The summed E-state index contributed by atoms with van der Waals surface area (Å²) in [6.07, 6.45) is 6.75. The molecule has 18 heavy (non-hydrogen) atoms. The van der Waals surface area contributed by atoms with E-state index in [2.05, 4.69) is 18.9 Å². The van der Waals surface area contributed by atoms with Gasteiger partial charge in [0.05, 0.1) is 13.0 Å². The molecule has 0 radical (unpaired) electrons. The number of methoxy groups -OCH3 is 1. The molecule has 0 spiro atoms. The van der Waals surface area contributed by atoms with Crippen molar-refractivity contribution in [3.05, 3.63) is 0 Å². The van der Waals surface area contributed by atoms with Crippen LogP contribution < -0.4 is 0 Å². The highest BCUT2D eigenvalue weighted by Gasteiger charge is 2.40. The van der Waals surface area contributed by atoms with Gasteiger partial charge in [0.15, 0.2) is 0 Å². The second kappa shape index (κ2) is 7.10. The predicted octanol–water partition coefficient (Wildman–Crippen LogP) is 2.52. The van der Waals surface area contributed by atoms with Crippen molar-refractivity contribution >= 4 is 5.97 Å². The van der Waals surface area contributed by atoms with Crippen LogP contribution in [0.3, 0.4) is 0 Å². The van der Waals surface area contributed by atoms with E-state index in [1.54, 1.807) is 7.11 Å². The number of aliphatic carboxylic acids is 1. The summed E-state index contributed by atoms with van der Waals surface area (Å²) in [5.74, 6) is -0.684. The molecular formula is C14H27NO3. The average Bonchev–Trinajstić information content (AvgIpc) is 2.35. The highest BCUT2D eigenvalue weighted by atomic mass is 16.5. The number of carboxylic acid groups (broad SMARTS) is 1. The molecule has 0 bridgehead atoms. The minimum Gasteiger partial charge on any atom is -0.481 e. The largest absolute Gasteiger partial charge is 0.481 e. The molecule has 1 N–H and O–H groups in total. The van der Waals surface area contributed by atoms with Crippen molar-refractivity contribution in [2.45, 2.75) is 63.5 Å². The van der Waals surface area contributed by atoms with Gasteiger partial charge in [-0.2, -0.15) is 0 Å². The lowest BCUT2D eigenvalue weighted by Gasteiger charge is -2.47. The number of ether oxygens (including phenoxy) is 1. The Bertz CT molecular complexity index is 262. The maximum Gasteiger partial charge on any atom is 0.305 e. The summed E-state index contributed by atoms with van der Waals surface area (Å²) in [4.78, 5) is 13.5. The van der Waals surface area contributed by atoms with Crippen molar-refractivity contribution in [1.82, 2.24) is 4.90 Å². The van der Waals surface area contributed by atoms with E-state index >= 15 is 0 Å². The Labute approximate surface area is 110 Å². The molecule has 0 aromatic heterocycles. The van der Waals surface area contributed by atoms with Gasteiger partial charge in [-0.15, -0.1) is 0 Å². The number of nitrogens with zero attached hydrogens (tertiary/aromatic N) is 1. The van der Waals surface area contributed by atoms with Crippen molar-refractivity contribution in [3.63, 3.8) is 0 Å². The molecule has 0 aromatic carbocycles. The number of carboxylic acids is 1. The third kappa shape index (κ3) is 3.69. The average molecular weight is 257 g/mol. The van der Waals surface area contributed by atoms with E-state index in [9.17, 15) is 9.90 Å². The number of hydrogen-bond donors (Lipinski definition) is 1. The van der Waals surface area contributed by atoms with Crippen LogP contribution in [-0.4, -0.2) is 48.3 Å². The van der Waals surface area contributed by atoms with Crippen LogP contribution in [0.15, 0.2) is 0 Å². The number of carbonyl (C=O) groups is 1. The van der Waals surface area contributed by atoms with Crippen molar-refractivity contribution in [3.8, 4) is 0 Å². The van der Waals surface area contributed by atoms with Crippen LogP contribution in [0, 0.1) is 0 Å². The smallest absolute Gasteiger partial charge is 0.305 e. The molecule has 1 atom stereocenters. The van der Waals surface area contributed by atoms with E-state index in [-0.39, 0.29) is 12.0 Å². The SMILES string of the molecule is CCC(COC)N(C)C1(CC(=O)O)CCCCC1. The van der Waals surface area contributed by atoms with Crippen LogP contribution >= 0.6 is 0 Å². The molecule has 1 rings (SSSR count). The molecule has 0 heterocycles. The Kier molecular flexibility index (Phi) is 6.09. The molecule has 1 fully saturated rings. The van der Waals surface area contributed by atoms with E-state index in [1.807, 2.05) is 0 Å². The molecule has 0 amide bonds. The number of hydrogen-bond acceptors (Lipinski definition) is 3. The zero-order valence-corrected chi connectivity index (χ0v) is 11.9. The van der Waals surface area contributed by atoms with E-state index in [0.717, 1.165) is 32.1 Å². The first-order valence-electron chi connectivity index (χ1n) is 6.99. The first-order valence-corrected chi connectivity index (χ1v) is 6.99. The lowest BCUT2D eigenvalue weighted by atomic mass is 9.77. The Morgan fingerprint density at radius 1 is 1.39 bits per heavy atom.